The molecular formula is C15H15Br2FS. The van der Waals surface area contributed by atoms with Gasteiger partial charge in [0.15, 0.2) is 0 Å². The lowest BCUT2D eigenvalue weighted by Crippen LogP contribution is -2.07. The Morgan fingerprint density at radius 1 is 1.16 bits per heavy atom. The van der Waals surface area contributed by atoms with Gasteiger partial charge in [-0.25, -0.2) is 4.39 Å². The second kappa shape index (κ2) is 5.66. The molecule has 0 fully saturated rings. The van der Waals surface area contributed by atoms with Crippen LogP contribution in [0, 0.1) is 5.82 Å². The summed E-state index contributed by atoms with van der Waals surface area (Å²) in [7, 11) is 0. The van der Waals surface area contributed by atoms with Crippen LogP contribution in [0.2, 0.25) is 0 Å². The van der Waals surface area contributed by atoms with Crippen LogP contribution in [0.25, 0.3) is 0 Å². The van der Waals surface area contributed by atoms with Crippen molar-refractivity contribution in [1.82, 2.24) is 0 Å². The number of benzene rings is 1. The monoisotopic (exact) mass is 404 g/mol. The van der Waals surface area contributed by atoms with Gasteiger partial charge in [-0.15, -0.1) is 11.3 Å². The van der Waals surface area contributed by atoms with E-state index in [2.05, 4.69) is 64.8 Å². The Labute approximate surface area is 134 Å². The normalized spacial score (nSPS) is 13.6. The molecule has 2 rings (SSSR count). The fraction of sp³-hybridized carbons (Fsp3) is 0.333. The average Bonchev–Trinajstić information content (AvgIpc) is 2.80. The van der Waals surface area contributed by atoms with E-state index in [1.54, 1.807) is 23.5 Å². The van der Waals surface area contributed by atoms with Gasteiger partial charge in [-0.1, -0.05) is 52.6 Å². The van der Waals surface area contributed by atoms with E-state index in [9.17, 15) is 4.39 Å². The Kier molecular flexibility index (Phi) is 4.53. The van der Waals surface area contributed by atoms with E-state index in [0.29, 0.717) is 0 Å². The summed E-state index contributed by atoms with van der Waals surface area (Å²) in [6.07, 6.45) is 0. The third kappa shape index (κ3) is 3.47. The Morgan fingerprint density at radius 2 is 1.84 bits per heavy atom. The molecule has 0 radical (unpaired) electrons. The van der Waals surface area contributed by atoms with Crippen LogP contribution in [0.1, 0.15) is 40.9 Å². The predicted octanol–water partition coefficient (Wildman–Crippen LogP) is 6.43. The number of halogens is 3. The molecule has 0 amide bonds. The van der Waals surface area contributed by atoms with E-state index in [-0.39, 0.29) is 16.1 Å². The van der Waals surface area contributed by atoms with Crippen LogP contribution in [-0.4, -0.2) is 0 Å². The SMILES string of the molecule is CC(C)(C)c1ccc(C(Br)c2cc(F)ccc2Br)s1. The highest BCUT2D eigenvalue weighted by Gasteiger charge is 2.21. The summed E-state index contributed by atoms with van der Waals surface area (Å²) in [4.78, 5) is 2.54. The van der Waals surface area contributed by atoms with Gasteiger partial charge in [0.2, 0.25) is 0 Å². The summed E-state index contributed by atoms with van der Waals surface area (Å²) >= 11 is 8.92. The maximum absolute atomic E-state index is 13.4. The average molecular weight is 406 g/mol. The first-order chi connectivity index (χ1) is 8.79. The molecule has 102 valence electrons. The molecule has 0 saturated carbocycles. The molecular weight excluding hydrogens is 391 g/mol. The van der Waals surface area contributed by atoms with Crippen LogP contribution in [0.15, 0.2) is 34.8 Å². The molecule has 1 aromatic carbocycles. The number of hydrogen-bond acceptors (Lipinski definition) is 1. The van der Waals surface area contributed by atoms with Gasteiger partial charge in [0.05, 0.1) is 4.83 Å². The zero-order chi connectivity index (χ0) is 14.2. The summed E-state index contributed by atoms with van der Waals surface area (Å²) in [6.45, 7) is 6.60. The molecule has 1 aromatic heterocycles. The van der Waals surface area contributed by atoms with Crippen molar-refractivity contribution in [2.75, 3.05) is 0 Å². The minimum Gasteiger partial charge on any atom is -0.207 e. The minimum absolute atomic E-state index is 0.0127. The number of thiophene rings is 1. The third-order valence-electron chi connectivity index (χ3n) is 2.85. The molecule has 0 bridgehead atoms. The summed E-state index contributed by atoms with van der Waals surface area (Å²) in [6, 6.07) is 9.04. The molecule has 1 unspecified atom stereocenters. The highest BCUT2D eigenvalue weighted by atomic mass is 79.9. The van der Waals surface area contributed by atoms with Crippen molar-refractivity contribution in [3.05, 3.63) is 55.9 Å². The molecule has 0 N–H and O–H groups in total. The van der Waals surface area contributed by atoms with Crippen molar-refractivity contribution in [1.29, 1.82) is 0 Å². The molecule has 1 heterocycles. The van der Waals surface area contributed by atoms with E-state index in [1.807, 2.05) is 0 Å². The molecule has 0 saturated heterocycles. The summed E-state index contributed by atoms with van der Waals surface area (Å²) in [5, 5.41) is 0. The highest BCUT2D eigenvalue weighted by molar-refractivity contribution is 9.11. The van der Waals surface area contributed by atoms with Gasteiger partial charge in [0.1, 0.15) is 5.82 Å². The molecule has 19 heavy (non-hydrogen) atoms. The van der Waals surface area contributed by atoms with Crippen LogP contribution in [0.3, 0.4) is 0 Å². The van der Waals surface area contributed by atoms with Gasteiger partial charge in [-0.05, 0) is 41.3 Å². The lowest BCUT2D eigenvalue weighted by atomic mass is 9.95. The van der Waals surface area contributed by atoms with Crippen LogP contribution >= 0.6 is 43.2 Å². The van der Waals surface area contributed by atoms with Crippen LogP contribution in [0.5, 0.6) is 0 Å². The van der Waals surface area contributed by atoms with Crippen molar-refractivity contribution in [2.45, 2.75) is 31.0 Å². The third-order valence-corrected chi connectivity index (χ3v) is 6.43. The van der Waals surface area contributed by atoms with Gasteiger partial charge >= 0.3 is 0 Å². The maximum atomic E-state index is 13.4. The molecule has 0 aliphatic carbocycles. The number of hydrogen-bond donors (Lipinski definition) is 0. The quantitative estimate of drug-likeness (QED) is 0.504. The molecule has 4 heteroatoms. The fourth-order valence-corrected chi connectivity index (χ4v) is 4.41. The Bertz CT molecular complexity index is 584. The van der Waals surface area contributed by atoms with Crippen molar-refractivity contribution < 1.29 is 4.39 Å². The topological polar surface area (TPSA) is 0 Å². The molecule has 0 nitrogen and oxygen atoms in total. The summed E-state index contributed by atoms with van der Waals surface area (Å²) in [5.41, 5.74) is 1.07. The molecule has 2 aromatic rings. The van der Waals surface area contributed by atoms with Gasteiger partial charge in [0, 0.05) is 14.2 Å². The zero-order valence-corrected chi connectivity index (χ0v) is 15.0. The Morgan fingerprint density at radius 3 is 2.42 bits per heavy atom. The Balaban J connectivity index is 2.36. The second-order valence-corrected chi connectivity index (χ2v) is 8.37. The van der Waals surface area contributed by atoms with E-state index >= 15 is 0 Å². The van der Waals surface area contributed by atoms with Gasteiger partial charge in [-0.3, -0.25) is 0 Å². The summed E-state index contributed by atoms with van der Waals surface area (Å²) < 4.78 is 14.3. The number of rotatable bonds is 2. The molecule has 1 atom stereocenters. The first-order valence-corrected chi connectivity index (χ1v) is 8.51. The van der Waals surface area contributed by atoms with E-state index in [1.165, 1.54) is 15.8 Å². The largest absolute Gasteiger partial charge is 0.207 e. The van der Waals surface area contributed by atoms with Crippen LogP contribution in [-0.2, 0) is 5.41 Å². The van der Waals surface area contributed by atoms with Gasteiger partial charge in [-0.2, -0.15) is 0 Å². The minimum atomic E-state index is -0.213. The van der Waals surface area contributed by atoms with E-state index in [4.69, 9.17) is 0 Å². The van der Waals surface area contributed by atoms with E-state index in [0.717, 1.165) is 10.0 Å². The number of alkyl halides is 1. The van der Waals surface area contributed by atoms with Crippen molar-refractivity contribution in [3.8, 4) is 0 Å². The first-order valence-electron chi connectivity index (χ1n) is 5.98. The molecule has 0 aliphatic rings. The smallest absolute Gasteiger partial charge is 0.123 e. The lowest BCUT2D eigenvalue weighted by molar-refractivity contribution is 0.604. The zero-order valence-electron chi connectivity index (χ0n) is 11.0. The lowest BCUT2D eigenvalue weighted by Gasteiger charge is -2.16. The van der Waals surface area contributed by atoms with Crippen molar-refractivity contribution in [2.24, 2.45) is 0 Å². The van der Waals surface area contributed by atoms with Gasteiger partial charge in [0.25, 0.3) is 0 Å². The first kappa shape index (κ1) is 15.2. The van der Waals surface area contributed by atoms with Gasteiger partial charge < -0.3 is 0 Å². The van der Waals surface area contributed by atoms with Crippen molar-refractivity contribution >= 4 is 43.2 Å². The fourth-order valence-electron chi connectivity index (χ4n) is 1.75. The Hall–Kier alpha value is -0.190. The highest BCUT2D eigenvalue weighted by Crippen LogP contribution is 2.41. The van der Waals surface area contributed by atoms with Crippen LogP contribution in [0.4, 0.5) is 4.39 Å². The van der Waals surface area contributed by atoms with E-state index < -0.39 is 0 Å². The maximum Gasteiger partial charge on any atom is 0.123 e. The van der Waals surface area contributed by atoms with Crippen molar-refractivity contribution in [3.63, 3.8) is 0 Å². The van der Waals surface area contributed by atoms with Crippen LogP contribution < -0.4 is 0 Å². The predicted molar refractivity (Wildman–Crippen MR) is 87.9 cm³/mol. The standard InChI is InChI=1S/C15H15Br2FS/c1-15(2,3)13-7-6-12(19-13)14(17)10-8-9(18)4-5-11(10)16/h4-8,14H,1-3H3. The molecule has 0 spiro atoms. The second-order valence-electron chi connectivity index (χ2n) is 5.48. The molecule has 0 aliphatic heterocycles. The summed E-state index contributed by atoms with van der Waals surface area (Å²) in [5.74, 6) is -0.213.